The molecule has 1 N–H and O–H groups in total. The lowest BCUT2D eigenvalue weighted by Crippen LogP contribution is -2.45. The molecule has 0 radical (unpaired) electrons. The second-order valence-corrected chi connectivity index (χ2v) is 13.6. The number of hydrogen-bond acceptors (Lipinski definition) is 9. The third kappa shape index (κ3) is 9.02. The van der Waals surface area contributed by atoms with Crippen LogP contribution in [0.25, 0.3) is 16.6 Å². The van der Waals surface area contributed by atoms with E-state index >= 15 is 4.39 Å². The standard InChI is InChI=1S/C40H42F4N6O6/c1-4-5-18-49-38(52)36(47-50(39(49)53)31-10-7-6-9-28(31)40(42,43)44)37(51)46-26-11-12-33(29(41)22-26)56-32-13-16-45-30-24-34(54-3)35(23-27(30)32)55-21-8-17-48-19-14-25(2)15-20-48/h6-7,9-13,16,22-25H,4-5,8,14-15,17-21H2,1-3H3,(H,46,51). The summed E-state index contributed by atoms with van der Waals surface area (Å²) in [5.74, 6) is -0.296. The highest BCUT2D eigenvalue weighted by molar-refractivity contribution is 6.02. The molecule has 0 unspecified atom stereocenters. The SMILES string of the molecule is CCCCn1c(=O)c(C(=O)Nc2ccc(Oc3ccnc4cc(OC)c(OCCCN5CCC(C)CC5)cc34)c(F)c2)nn(-c2ccccc2C(F)(F)F)c1=O. The first-order valence-electron chi connectivity index (χ1n) is 18.4. The van der Waals surface area contributed by atoms with Crippen molar-refractivity contribution < 1.29 is 36.6 Å². The average Bonchev–Trinajstić information content (AvgIpc) is 3.17. The molecule has 12 nitrogen and oxygen atoms in total. The fraction of sp³-hybridized carbons (Fsp3) is 0.375. The number of aromatic nitrogens is 4. The zero-order valence-corrected chi connectivity index (χ0v) is 31.2. The lowest BCUT2D eigenvalue weighted by atomic mass is 9.99. The maximum absolute atomic E-state index is 15.6. The molecule has 5 aromatic rings. The van der Waals surface area contributed by atoms with Gasteiger partial charge in [-0.2, -0.15) is 23.0 Å². The zero-order chi connectivity index (χ0) is 40.0. The molecule has 0 aliphatic carbocycles. The van der Waals surface area contributed by atoms with E-state index in [2.05, 4.69) is 27.2 Å². The van der Waals surface area contributed by atoms with E-state index in [9.17, 15) is 27.6 Å². The number of alkyl halides is 3. The van der Waals surface area contributed by atoms with E-state index in [-0.39, 0.29) is 23.7 Å². The number of anilines is 1. The summed E-state index contributed by atoms with van der Waals surface area (Å²) in [6, 6.07) is 12.7. The van der Waals surface area contributed by atoms with Crippen LogP contribution in [-0.2, 0) is 12.7 Å². The third-order valence-corrected chi connectivity index (χ3v) is 9.60. The van der Waals surface area contributed by atoms with Gasteiger partial charge < -0.3 is 24.4 Å². The summed E-state index contributed by atoms with van der Waals surface area (Å²) in [6.07, 6.45) is 0.689. The average molecular weight is 779 g/mol. The first kappa shape index (κ1) is 39.9. The zero-order valence-electron chi connectivity index (χ0n) is 31.2. The van der Waals surface area contributed by atoms with Crippen LogP contribution < -0.4 is 30.8 Å². The Morgan fingerprint density at radius 2 is 1.71 bits per heavy atom. The second-order valence-electron chi connectivity index (χ2n) is 13.6. The number of hydrogen-bond donors (Lipinski definition) is 1. The highest BCUT2D eigenvalue weighted by Crippen LogP contribution is 2.38. The Balaban J connectivity index is 1.22. The quantitative estimate of drug-likeness (QED) is 0.0903. The third-order valence-electron chi connectivity index (χ3n) is 9.60. The molecule has 1 saturated heterocycles. The number of halogens is 4. The number of likely N-dealkylation sites (tertiary alicyclic amines) is 1. The molecule has 1 amide bonds. The van der Waals surface area contributed by atoms with Crippen molar-refractivity contribution in [1.82, 2.24) is 24.2 Å². The maximum Gasteiger partial charge on any atom is 0.418 e. The van der Waals surface area contributed by atoms with E-state index in [1.54, 1.807) is 25.1 Å². The number of rotatable bonds is 14. The van der Waals surface area contributed by atoms with Gasteiger partial charge in [-0.3, -0.25) is 19.1 Å². The van der Waals surface area contributed by atoms with Crippen LogP contribution in [0.15, 0.2) is 76.4 Å². The first-order valence-corrected chi connectivity index (χ1v) is 18.4. The van der Waals surface area contributed by atoms with Gasteiger partial charge in [-0.1, -0.05) is 32.4 Å². The van der Waals surface area contributed by atoms with Gasteiger partial charge in [0, 0.05) is 42.5 Å². The number of unbranched alkanes of at least 4 members (excludes halogenated alkanes) is 1. The first-order chi connectivity index (χ1) is 26.9. The Labute approximate surface area is 319 Å². The summed E-state index contributed by atoms with van der Waals surface area (Å²) in [6.45, 7) is 7.42. The molecule has 3 heterocycles. The van der Waals surface area contributed by atoms with Crippen molar-refractivity contribution in [3.63, 3.8) is 0 Å². The largest absolute Gasteiger partial charge is 0.493 e. The molecule has 0 atom stereocenters. The van der Waals surface area contributed by atoms with Crippen LogP contribution in [0.2, 0.25) is 0 Å². The van der Waals surface area contributed by atoms with E-state index in [0.717, 1.165) is 56.2 Å². The molecule has 6 rings (SSSR count). The lowest BCUT2D eigenvalue weighted by Gasteiger charge is -2.30. The molecule has 56 heavy (non-hydrogen) atoms. The Kier molecular flexibility index (Phi) is 12.4. The Hall–Kier alpha value is -5.77. The summed E-state index contributed by atoms with van der Waals surface area (Å²) in [4.78, 5) is 46.9. The molecule has 3 aromatic carbocycles. The molecule has 0 saturated carbocycles. The molecule has 1 fully saturated rings. The number of carbonyl (C=O) groups is 1. The van der Waals surface area contributed by atoms with E-state index in [4.69, 9.17) is 14.2 Å². The highest BCUT2D eigenvalue weighted by Gasteiger charge is 2.35. The van der Waals surface area contributed by atoms with Crippen LogP contribution in [0.3, 0.4) is 0 Å². The van der Waals surface area contributed by atoms with Crippen LogP contribution in [0, 0.1) is 11.7 Å². The van der Waals surface area contributed by atoms with Gasteiger partial charge in [0.15, 0.2) is 23.1 Å². The fourth-order valence-corrected chi connectivity index (χ4v) is 6.44. The smallest absolute Gasteiger partial charge is 0.418 e. The number of pyridine rings is 1. The van der Waals surface area contributed by atoms with Crippen molar-refractivity contribution in [2.75, 3.05) is 38.7 Å². The summed E-state index contributed by atoms with van der Waals surface area (Å²) >= 11 is 0. The van der Waals surface area contributed by atoms with Gasteiger partial charge in [0.05, 0.1) is 30.5 Å². The van der Waals surface area contributed by atoms with Crippen molar-refractivity contribution in [3.8, 4) is 28.7 Å². The normalized spacial score (nSPS) is 13.8. The van der Waals surface area contributed by atoms with Crippen molar-refractivity contribution >= 4 is 22.5 Å². The molecule has 296 valence electrons. The number of amides is 1. The van der Waals surface area contributed by atoms with Crippen LogP contribution in [0.5, 0.6) is 23.0 Å². The summed E-state index contributed by atoms with van der Waals surface area (Å²) in [5, 5.41) is 6.67. The molecular formula is C40H42F4N6O6. The minimum atomic E-state index is -4.87. The monoisotopic (exact) mass is 778 g/mol. The van der Waals surface area contributed by atoms with E-state index in [1.165, 1.54) is 44.3 Å². The number of nitrogens with zero attached hydrogens (tertiary/aromatic N) is 5. The maximum atomic E-state index is 15.6. The van der Waals surface area contributed by atoms with E-state index in [0.29, 0.717) is 51.1 Å². The number of ether oxygens (including phenoxy) is 3. The van der Waals surface area contributed by atoms with Crippen molar-refractivity contribution in [2.45, 2.75) is 58.7 Å². The van der Waals surface area contributed by atoms with Gasteiger partial charge in [0.1, 0.15) is 5.75 Å². The van der Waals surface area contributed by atoms with Crippen LogP contribution in [-0.4, -0.2) is 63.5 Å². The molecule has 1 aliphatic heterocycles. The van der Waals surface area contributed by atoms with Gasteiger partial charge in [-0.05, 0) is 81.1 Å². The summed E-state index contributed by atoms with van der Waals surface area (Å²) in [5.41, 5.74) is -4.59. The minimum absolute atomic E-state index is 0.117. The Morgan fingerprint density at radius 3 is 2.43 bits per heavy atom. The predicted molar refractivity (Wildman–Crippen MR) is 202 cm³/mol. The van der Waals surface area contributed by atoms with Gasteiger partial charge in [0.25, 0.3) is 11.5 Å². The second kappa shape index (κ2) is 17.4. The number of para-hydroxylation sites is 1. The number of carbonyl (C=O) groups excluding carboxylic acids is 1. The Morgan fingerprint density at radius 1 is 0.946 bits per heavy atom. The topological polar surface area (TPSA) is 130 Å². The lowest BCUT2D eigenvalue weighted by molar-refractivity contribution is -0.137. The highest BCUT2D eigenvalue weighted by atomic mass is 19.4. The molecule has 16 heteroatoms. The van der Waals surface area contributed by atoms with E-state index in [1.807, 2.05) is 0 Å². The number of methoxy groups -OCH3 is 1. The fourth-order valence-electron chi connectivity index (χ4n) is 6.44. The minimum Gasteiger partial charge on any atom is -0.493 e. The molecule has 1 aliphatic rings. The van der Waals surface area contributed by atoms with Crippen LogP contribution >= 0.6 is 0 Å². The van der Waals surface area contributed by atoms with Gasteiger partial charge in [-0.25, -0.2) is 9.18 Å². The van der Waals surface area contributed by atoms with Gasteiger partial charge in [-0.15, -0.1) is 0 Å². The van der Waals surface area contributed by atoms with Crippen molar-refractivity contribution in [3.05, 3.63) is 105 Å². The van der Waals surface area contributed by atoms with Crippen LogP contribution in [0.4, 0.5) is 23.2 Å². The number of nitrogens with one attached hydrogen (secondary N) is 1. The Bertz CT molecular complexity index is 2320. The molecular weight excluding hydrogens is 736 g/mol. The number of piperidine rings is 1. The van der Waals surface area contributed by atoms with Crippen molar-refractivity contribution in [2.24, 2.45) is 5.92 Å². The predicted octanol–water partition coefficient (Wildman–Crippen LogP) is 7.45. The molecule has 0 bridgehead atoms. The number of benzene rings is 3. The van der Waals surface area contributed by atoms with Gasteiger partial charge in [0.2, 0.25) is 5.69 Å². The molecule has 2 aromatic heterocycles. The summed E-state index contributed by atoms with van der Waals surface area (Å²) in [7, 11) is 1.53. The van der Waals surface area contributed by atoms with Crippen molar-refractivity contribution in [1.29, 1.82) is 0 Å². The summed E-state index contributed by atoms with van der Waals surface area (Å²) < 4.78 is 75.9. The van der Waals surface area contributed by atoms with Gasteiger partial charge >= 0.3 is 11.9 Å². The molecule has 0 spiro atoms. The number of fused-ring (bicyclic) bond motifs is 1. The van der Waals surface area contributed by atoms with Crippen LogP contribution in [0.1, 0.15) is 62.0 Å². The van der Waals surface area contributed by atoms with E-state index < -0.39 is 46.1 Å².